The second kappa shape index (κ2) is 11.6. The Labute approximate surface area is 211 Å². The lowest BCUT2D eigenvalue weighted by Gasteiger charge is -2.15. The van der Waals surface area contributed by atoms with Crippen LogP contribution in [0.5, 0.6) is 0 Å². The fraction of sp³-hybridized carbons (Fsp3) is 0.0769. The van der Waals surface area contributed by atoms with Gasteiger partial charge in [-0.2, -0.15) is 0 Å². The van der Waals surface area contributed by atoms with E-state index in [0.717, 1.165) is 15.4 Å². The predicted molar refractivity (Wildman–Crippen MR) is 142 cm³/mol. The Morgan fingerprint density at radius 2 is 1.33 bits per heavy atom. The smallest absolute Gasteiger partial charge is 0.211 e. The van der Waals surface area contributed by atoms with E-state index in [1.165, 1.54) is 0 Å². The largest absolute Gasteiger partial charge is 0.301 e. The van der Waals surface area contributed by atoms with Crippen LogP contribution in [0.4, 0.5) is 0 Å². The summed E-state index contributed by atoms with van der Waals surface area (Å²) < 4.78 is 2.72. The molecular formula is C26H20Cl2N2OS2. The number of allylic oxidation sites excluding steroid dienone is 1. The van der Waals surface area contributed by atoms with E-state index in [9.17, 15) is 4.79 Å². The summed E-state index contributed by atoms with van der Waals surface area (Å²) in [5.74, 6) is 1.37. The van der Waals surface area contributed by atoms with Crippen molar-refractivity contribution in [1.82, 2.24) is 9.55 Å². The molecule has 0 saturated heterocycles. The number of benzene rings is 3. The number of carbonyl (C=O) groups excluding carboxylic acids is 1. The van der Waals surface area contributed by atoms with E-state index < -0.39 is 0 Å². The Balaban J connectivity index is 1.70. The number of carbonyl (C=O) groups is 1. The van der Waals surface area contributed by atoms with Crippen LogP contribution in [-0.2, 0) is 11.5 Å². The monoisotopic (exact) mass is 510 g/mol. The van der Waals surface area contributed by atoms with E-state index in [4.69, 9.17) is 23.2 Å². The molecule has 4 rings (SSSR count). The minimum Gasteiger partial charge on any atom is -0.301 e. The average molecular weight is 511 g/mol. The Kier molecular flexibility index (Phi) is 8.35. The molecule has 0 saturated carbocycles. The van der Waals surface area contributed by atoms with E-state index in [1.54, 1.807) is 40.6 Å². The molecule has 33 heavy (non-hydrogen) atoms. The third-order valence-electron chi connectivity index (χ3n) is 4.77. The lowest BCUT2D eigenvalue weighted by Crippen LogP contribution is -2.10. The molecule has 0 unspecified atom stereocenters. The van der Waals surface area contributed by atoms with Crippen molar-refractivity contribution in [2.24, 2.45) is 0 Å². The van der Waals surface area contributed by atoms with Crippen molar-refractivity contribution in [1.29, 1.82) is 0 Å². The normalized spacial score (nSPS) is 10.7. The van der Waals surface area contributed by atoms with E-state index in [0.29, 0.717) is 32.8 Å². The van der Waals surface area contributed by atoms with Crippen LogP contribution in [-0.4, -0.2) is 15.3 Å². The number of thioether (sulfide) groups is 2. The van der Waals surface area contributed by atoms with Crippen molar-refractivity contribution in [2.45, 2.75) is 11.5 Å². The molecule has 0 spiro atoms. The van der Waals surface area contributed by atoms with Gasteiger partial charge in [0.2, 0.25) is 5.78 Å². The van der Waals surface area contributed by atoms with Gasteiger partial charge in [-0.1, -0.05) is 77.8 Å². The number of Topliss-reactive ketones (excluding diaryl/α,β-unsaturated/α-hetero) is 1. The lowest BCUT2D eigenvalue weighted by atomic mass is 10.1. The van der Waals surface area contributed by atoms with Crippen LogP contribution < -0.4 is 0 Å². The van der Waals surface area contributed by atoms with Crippen LogP contribution in [0.2, 0.25) is 10.0 Å². The van der Waals surface area contributed by atoms with Gasteiger partial charge in [0.15, 0.2) is 0 Å². The fourth-order valence-corrected chi connectivity index (χ4v) is 5.66. The van der Waals surface area contributed by atoms with Crippen LogP contribution >= 0.6 is 46.7 Å². The van der Waals surface area contributed by atoms with E-state index in [-0.39, 0.29) is 5.78 Å². The highest BCUT2D eigenvalue weighted by atomic mass is 35.5. The number of rotatable bonds is 9. The molecule has 3 aromatic carbocycles. The molecule has 0 radical (unpaired) electrons. The zero-order valence-corrected chi connectivity index (χ0v) is 20.7. The molecule has 0 aliphatic heterocycles. The highest BCUT2D eigenvalue weighted by Gasteiger charge is 2.20. The number of hydrogen-bond acceptors (Lipinski definition) is 4. The molecule has 1 heterocycles. The first-order valence-corrected chi connectivity index (χ1v) is 12.9. The van der Waals surface area contributed by atoms with Gasteiger partial charge in [-0.3, -0.25) is 4.79 Å². The Hall–Kier alpha value is -2.44. The first kappa shape index (κ1) is 23.7. The fourth-order valence-electron chi connectivity index (χ4n) is 3.07. The minimum atomic E-state index is -0.0455. The molecule has 7 heteroatoms. The summed E-state index contributed by atoms with van der Waals surface area (Å²) in [7, 11) is 0. The SMILES string of the molecule is O=C(C(=C(SCc1ccc(Cl)cc1)SCc1ccc(Cl)cc1)n1ccnc1)c1ccccc1. The zero-order chi connectivity index (χ0) is 23.0. The standard InChI is InChI=1S/C26H20Cl2N2OS2/c27-22-10-6-19(7-11-22)16-32-26(33-17-20-8-12-23(28)13-9-20)24(30-15-14-29-18-30)25(31)21-4-2-1-3-5-21/h1-15,18H,16-17H2. The Bertz CT molecular complexity index is 1170. The molecule has 166 valence electrons. The van der Waals surface area contributed by atoms with Crippen LogP contribution in [0.3, 0.4) is 0 Å². The molecule has 4 aromatic rings. The van der Waals surface area contributed by atoms with Gasteiger partial charge in [0.05, 0.1) is 10.6 Å². The van der Waals surface area contributed by atoms with Gasteiger partial charge >= 0.3 is 0 Å². The number of ketones is 1. The van der Waals surface area contributed by atoms with Gasteiger partial charge in [0.25, 0.3) is 0 Å². The average Bonchev–Trinajstić information content (AvgIpc) is 3.37. The maximum absolute atomic E-state index is 13.6. The first-order valence-electron chi connectivity index (χ1n) is 10.2. The maximum Gasteiger partial charge on any atom is 0.211 e. The van der Waals surface area contributed by atoms with Crippen LogP contribution in [0, 0.1) is 0 Å². The van der Waals surface area contributed by atoms with Crippen molar-refractivity contribution < 1.29 is 4.79 Å². The molecule has 1 aromatic heterocycles. The van der Waals surface area contributed by atoms with E-state index >= 15 is 0 Å². The zero-order valence-electron chi connectivity index (χ0n) is 17.5. The molecule has 0 atom stereocenters. The lowest BCUT2D eigenvalue weighted by molar-refractivity contribution is 0.105. The molecule has 0 amide bonds. The van der Waals surface area contributed by atoms with E-state index in [1.807, 2.05) is 85.1 Å². The molecule has 0 aliphatic carbocycles. The van der Waals surface area contributed by atoms with Crippen molar-refractivity contribution in [3.8, 4) is 0 Å². The summed E-state index contributed by atoms with van der Waals surface area (Å²) in [5, 5.41) is 1.41. The third-order valence-corrected chi connectivity index (χ3v) is 7.85. The quantitative estimate of drug-likeness (QED) is 0.168. The van der Waals surface area contributed by atoms with Crippen molar-refractivity contribution in [3.63, 3.8) is 0 Å². The number of halogens is 2. The van der Waals surface area contributed by atoms with E-state index in [2.05, 4.69) is 4.98 Å². The molecule has 3 nitrogen and oxygen atoms in total. The van der Waals surface area contributed by atoms with Crippen molar-refractivity contribution >= 4 is 58.2 Å². The van der Waals surface area contributed by atoms with Gasteiger partial charge in [-0.05, 0) is 35.4 Å². The molecule has 0 N–H and O–H groups in total. The second-order valence-electron chi connectivity index (χ2n) is 7.13. The minimum absolute atomic E-state index is 0.0455. The van der Waals surface area contributed by atoms with Gasteiger partial charge in [0.1, 0.15) is 5.70 Å². The number of aromatic nitrogens is 2. The van der Waals surface area contributed by atoms with Crippen molar-refractivity contribution in [2.75, 3.05) is 0 Å². The molecule has 0 fully saturated rings. The van der Waals surface area contributed by atoms with Crippen LogP contribution in [0.15, 0.2) is 102 Å². The molecular weight excluding hydrogens is 491 g/mol. The summed E-state index contributed by atoms with van der Waals surface area (Å²) in [6, 6.07) is 24.9. The third kappa shape index (κ3) is 6.55. The van der Waals surface area contributed by atoms with Crippen LogP contribution in [0.25, 0.3) is 5.70 Å². The molecule has 0 bridgehead atoms. The molecule has 0 aliphatic rings. The summed E-state index contributed by atoms with van der Waals surface area (Å²) >= 11 is 15.4. The van der Waals surface area contributed by atoms with Crippen molar-refractivity contribution in [3.05, 3.63) is 129 Å². The number of imidazole rings is 1. The Morgan fingerprint density at radius 3 is 1.82 bits per heavy atom. The maximum atomic E-state index is 13.6. The number of hydrogen-bond donors (Lipinski definition) is 0. The van der Waals surface area contributed by atoms with Gasteiger partial charge in [-0.15, -0.1) is 23.5 Å². The predicted octanol–water partition coefficient (Wildman–Crippen LogP) is 8.07. The highest BCUT2D eigenvalue weighted by molar-refractivity contribution is 8.21. The summed E-state index contributed by atoms with van der Waals surface area (Å²) in [4.78, 5) is 17.8. The van der Waals surface area contributed by atoms with Gasteiger partial charge < -0.3 is 4.57 Å². The summed E-state index contributed by atoms with van der Waals surface area (Å²) in [6.07, 6.45) is 5.16. The highest BCUT2D eigenvalue weighted by Crippen LogP contribution is 2.39. The van der Waals surface area contributed by atoms with Gasteiger partial charge in [0, 0.05) is 39.5 Å². The Morgan fingerprint density at radius 1 is 0.788 bits per heavy atom. The number of nitrogens with zero attached hydrogens (tertiary/aromatic N) is 2. The topological polar surface area (TPSA) is 34.9 Å². The first-order chi connectivity index (χ1) is 16.1. The second-order valence-corrected chi connectivity index (χ2v) is 10.2. The summed E-state index contributed by atoms with van der Waals surface area (Å²) in [5.41, 5.74) is 3.49. The van der Waals surface area contributed by atoms with Crippen LogP contribution in [0.1, 0.15) is 21.5 Å². The summed E-state index contributed by atoms with van der Waals surface area (Å²) in [6.45, 7) is 0. The van der Waals surface area contributed by atoms with Gasteiger partial charge in [-0.25, -0.2) is 4.98 Å².